The second-order valence-electron chi connectivity index (χ2n) is 4.28. The molecule has 0 fully saturated rings. The molecule has 0 saturated heterocycles. The Balaban J connectivity index is 2.56. The summed E-state index contributed by atoms with van der Waals surface area (Å²) >= 11 is 1.45. The SMILES string of the molecule is CCC[C@@H](C)C(=O)Nc1nnc(C(C)C)s1. The monoisotopic (exact) mass is 241 g/mol. The van der Waals surface area contributed by atoms with Gasteiger partial charge < -0.3 is 5.32 Å². The summed E-state index contributed by atoms with van der Waals surface area (Å²) in [5, 5.41) is 12.4. The Labute approximate surface area is 100 Å². The number of carbonyl (C=O) groups excluding carboxylic acids is 1. The first-order valence-electron chi connectivity index (χ1n) is 5.68. The summed E-state index contributed by atoms with van der Waals surface area (Å²) in [5.41, 5.74) is 0. The van der Waals surface area contributed by atoms with Crippen LogP contribution >= 0.6 is 11.3 Å². The van der Waals surface area contributed by atoms with Gasteiger partial charge >= 0.3 is 0 Å². The number of nitrogens with one attached hydrogen (secondary N) is 1. The van der Waals surface area contributed by atoms with E-state index in [1.165, 1.54) is 11.3 Å². The van der Waals surface area contributed by atoms with E-state index < -0.39 is 0 Å². The van der Waals surface area contributed by atoms with Gasteiger partial charge in [-0.2, -0.15) is 0 Å². The van der Waals surface area contributed by atoms with Crippen molar-refractivity contribution in [3.05, 3.63) is 5.01 Å². The molecule has 1 aromatic rings. The summed E-state index contributed by atoms with van der Waals surface area (Å²) < 4.78 is 0. The number of nitrogens with zero attached hydrogens (tertiary/aromatic N) is 2. The highest BCUT2D eigenvalue weighted by atomic mass is 32.1. The van der Waals surface area contributed by atoms with E-state index in [-0.39, 0.29) is 11.8 Å². The molecule has 0 aromatic carbocycles. The zero-order chi connectivity index (χ0) is 12.1. The van der Waals surface area contributed by atoms with Crippen LogP contribution in [0, 0.1) is 5.92 Å². The third-order valence-electron chi connectivity index (χ3n) is 2.33. The highest BCUT2D eigenvalue weighted by Gasteiger charge is 2.14. The fraction of sp³-hybridized carbons (Fsp3) is 0.727. The third kappa shape index (κ3) is 3.56. The minimum absolute atomic E-state index is 0.0355. The maximum absolute atomic E-state index is 11.7. The van der Waals surface area contributed by atoms with E-state index in [1.54, 1.807) is 0 Å². The van der Waals surface area contributed by atoms with Gasteiger partial charge in [-0.3, -0.25) is 4.79 Å². The van der Waals surface area contributed by atoms with E-state index >= 15 is 0 Å². The van der Waals surface area contributed by atoms with Crippen molar-refractivity contribution in [3.63, 3.8) is 0 Å². The van der Waals surface area contributed by atoms with Crippen LogP contribution in [0.5, 0.6) is 0 Å². The first-order valence-corrected chi connectivity index (χ1v) is 6.50. The number of anilines is 1. The Morgan fingerprint density at radius 3 is 2.56 bits per heavy atom. The first kappa shape index (κ1) is 13.1. The molecular weight excluding hydrogens is 222 g/mol. The lowest BCUT2D eigenvalue weighted by Gasteiger charge is -2.07. The first-order chi connectivity index (χ1) is 7.54. The van der Waals surface area contributed by atoms with Gasteiger partial charge in [0.05, 0.1) is 0 Å². The minimum atomic E-state index is 0.0355. The van der Waals surface area contributed by atoms with Gasteiger partial charge in [-0.1, -0.05) is 45.5 Å². The number of aromatic nitrogens is 2. The van der Waals surface area contributed by atoms with Gasteiger partial charge in [-0.05, 0) is 6.42 Å². The Hall–Kier alpha value is -0.970. The van der Waals surface area contributed by atoms with E-state index in [0.717, 1.165) is 17.8 Å². The molecule has 0 saturated carbocycles. The molecular formula is C11H19N3OS. The van der Waals surface area contributed by atoms with Gasteiger partial charge in [0, 0.05) is 11.8 Å². The van der Waals surface area contributed by atoms with Crippen molar-refractivity contribution >= 4 is 22.4 Å². The summed E-state index contributed by atoms with van der Waals surface area (Å²) in [7, 11) is 0. The molecule has 1 atom stereocenters. The Morgan fingerprint density at radius 2 is 2.06 bits per heavy atom. The summed E-state index contributed by atoms with van der Waals surface area (Å²) in [5.74, 6) is 0.431. The van der Waals surface area contributed by atoms with Crippen LogP contribution in [-0.4, -0.2) is 16.1 Å². The molecule has 16 heavy (non-hydrogen) atoms. The van der Waals surface area contributed by atoms with Gasteiger partial charge in [-0.15, -0.1) is 10.2 Å². The quantitative estimate of drug-likeness (QED) is 0.862. The van der Waals surface area contributed by atoms with Crippen molar-refractivity contribution < 1.29 is 4.79 Å². The van der Waals surface area contributed by atoms with Crippen molar-refractivity contribution in [1.29, 1.82) is 0 Å². The third-order valence-corrected chi connectivity index (χ3v) is 3.47. The van der Waals surface area contributed by atoms with Crippen LogP contribution in [0.15, 0.2) is 0 Å². The van der Waals surface area contributed by atoms with E-state index in [1.807, 2.05) is 6.92 Å². The summed E-state index contributed by atoms with van der Waals surface area (Å²) in [4.78, 5) is 11.7. The molecule has 5 heteroatoms. The average molecular weight is 241 g/mol. The van der Waals surface area contributed by atoms with E-state index in [9.17, 15) is 4.79 Å². The van der Waals surface area contributed by atoms with Crippen molar-refractivity contribution in [2.45, 2.75) is 46.5 Å². The smallest absolute Gasteiger partial charge is 0.229 e. The van der Waals surface area contributed by atoms with Crippen molar-refractivity contribution in [2.75, 3.05) is 5.32 Å². The fourth-order valence-electron chi connectivity index (χ4n) is 1.31. The van der Waals surface area contributed by atoms with Crippen molar-refractivity contribution in [2.24, 2.45) is 5.92 Å². The minimum Gasteiger partial charge on any atom is -0.300 e. The number of carbonyl (C=O) groups is 1. The molecule has 0 aliphatic heterocycles. The van der Waals surface area contributed by atoms with E-state index in [2.05, 4.69) is 36.3 Å². The lowest BCUT2D eigenvalue weighted by atomic mass is 10.1. The fourth-order valence-corrected chi connectivity index (χ4v) is 2.06. The van der Waals surface area contributed by atoms with Crippen molar-refractivity contribution in [3.8, 4) is 0 Å². The topological polar surface area (TPSA) is 54.9 Å². The highest BCUT2D eigenvalue weighted by molar-refractivity contribution is 7.15. The van der Waals surface area contributed by atoms with Gasteiger partial charge in [-0.25, -0.2) is 0 Å². The lowest BCUT2D eigenvalue weighted by molar-refractivity contribution is -0.119. The molecule has 0 unspecified atom stereocenters. The Kier molecular flexibility index (Phi) is 4.86. The number of hydrogen-bond donors (Lipinski definition) is 1. The molecule has 0 aliphatic carbocycles. The Bertz CT molecular complexity index is 349. The van der Waals surface area contributed by atoms with Gasteiger partial charge in [0.1, 0.15) is 5.01 Å². The predicted octanol–water partition coefficient (Wildman–Crippen LogP) is 3.04. The summed E-state index contributed by atoms with van der Waals surface area (Å²) in [6.07, 6.45) is 1.92. The zero-order valence-electron chi connectivity index (χ0n) is 10.3. The standard InChI is InChI=1S/C11H19N3OS/c1-5-6-8(4)9(15)12-11-14-13-10(16-11)7(2)3/h7-8H,5-6H2,1-4H3,(H,12,14,15)/t8-/m1/s1. The molecule has 4 nitrogen and oxygen atoms in total. The van der Waals surface area contributed by atoms with Crippen LogP contribution in [0.2, 0.25) is 0 Å². The molecule has 90 valence electrons. The molecule has 1 aromatic heterocycles. The normalized spacial score (nSPS) is 12.8. The van der Waals surface area contributed by atoms with Crippen LogP contribution in [0.3, 0.4) is 0 Å². The average Bonchev–Trinajstić information content (AvgIpc) is 2.66. The number of amides is 1. The molecule has 1 N–H and O–H groups in total. The predicted molar refractivity (Wildman–Crippen MR) is 66.7 cm³/mol. The maximum Gasteiger partial charge on any atom is 0.229 e. The van der Waals surface area contributed by atoms with E-state index in [4.69, 9.17) is 0 Å². The lowest BCUT2D eigenvalue weighted by Crippen LogP contribution is -2.20. The van der Waals surface area contributed by atoms with Crippen LogP contribution in [0.25, 0.3) is 0 Å². The largest absolute Gasteiger partial charge is 0.300 e. The molecule has 0 spiro atoms. The van der Waals surface area contributed by atoms with Crippen LogP contribution in [0.4, 0.5) is 5.13 Å². The van der Waals surface area contributed by atoms with Crippen LogP contribution in [-0.2, 0) is 4.79 Å². The second kappa shape index (κ2) is 5.94. The second-order valence-corrected chi connectivity index (χ2v) is 5.29. The van der Waals surface area contributed by atoms with Gasteiger partial charge in [0.25, 0.3) is 0 Å². The highest BCUT2D eigenvalue weighted by Crippen LogP contribution is 2.23. The Morgan fingerprint density at radius 1 is 1.38 bits per heavy atom. The molecule has 0 aliphatic rings. The molecule has 1 amide bonds. The van der Waals surface area contributed by atoms with E-state index in [0.29, 0.717) is 11.0 Å². The zero-order valence-corrected chi connectivity index (χ0v) is 11.1. The van der Waals surface area contributed by atoms with Crippen molar-refractivity contribution in [1.82, 2.24) is 10.2 Å². The van der Waals surface area contributed by atoms with Gasteiger partial charge in [0.2, 0.25) is 11.0 Å². The number of rotatable bonds is 5. The maximum atomic E-state index is 11.7. The molecule has 1 rings (SSSR count). The van der Waals surface area contributed by atoms with Gasteiger partial charge in [0.15, 0.2) is 0 Å². The number of hydrogen-bond acceptors (Lipinski definition) is 4. The molecule has 1 heterocycles. The molecule has 0 bridgehead atoms. The van der Waals surface area contributed by atoms with Crippen LogP contribution in [0.1, 0.15) is 51.5 Å². The molecule has 0 radical (unpaired) electrons. The summed E-state index contributed by atoms with van der Waals surface area (Å²) in [6.45, 7) is 8.13. The summed E-state index contributed by atoms with van der Waals surface area (Å²) in [6, 6.07) is 0. The van der Waals surface area contributed by atoms with Crippen LogP contribution < -0.4 is 5.32 Å².